The highest BCUT2D eigenvalue weighted by Crippen LogP contribution is 2.40. The van der Waals surface area contributed by atoms with Crippen molar-refractivity contribution in [2.75, 3.05) is 21.3 Å². The van der Waals surface area contributed by atoms with E-state index in [1.54, 1.807) is 45.6 Å². The van der Waals surface area contributed by atoms with E-state index >= 15 is 0 Å². The topological polar surface area (TPSA) is 86.3 Å². The quantitative estimate of drug-likeness (QED) is 0.793. The van der Waals surface area contributed by atoms with E-state index in [9.17, 15) is 4.79 Å². The average molecular weight is 313 g/mol. The van der Waals surface area contributed by atoms with Crippen LogP contribution in [0.15, 0.2) is 35.3 Å². The second-order valence-corrected chi connectivity index (χ2v) is 4.74. The maximum absolute atomic E-state index is 11.7. The first kappa shape index (κ1) is 14.8. The van der Waals surface area contributed by atoms with Crippen molar-refractivity contribution in [2.24, 2.45) is 0 Å². The molecule has 1 aromatic carbocycles. The number of hydrogen-bond donors (Lipinski definition) is 1. The largest absolute Gasteiger partial charge is 0.493 e. The monoisotopic (exact) mass is 313 g/mol. The number of rotatable bonds is 4. The molecular weight excluding hydrogens is 298 g/mol. The Morgan fingerprint density at radius 2 is 1.70 bits per heavy atom. The molecule has 0 spiro atoms. The van der Waals surface area contributed by atoms with Crippen molar-refractivity contribution in [3.63, 3.8) is 0 Å². The van der Waals surface area contributed by atoms with E-state index < -0.39 is 0 Å². The van der Waals surface area contributed by atoms with Crippen LogP contribution >= 0.6 is 0 Å². The Labute approximate surface area is 131 Å². The molecule has 0 aliphatic heterocycles. The Morgan fingerprint density at radius 3 is 2.30 bits per heavy atom. The molecule has 2 aromatic heterocycles. The van der Waals surface area contributed by atoms with E-state index in [1.807, 2.05) is 0 Å². The standard InChI is InChI=1S/C16H15N3O4/c1-21-13-6-9(7-14(22-2)15(13)23-3)11-5-4-10-12(18-11)8-17-19-16(10)20/h4-8H,1-3H3,(H,19,20). The number of benzene rings is 1. The van der Waals surface area contributed by atoms with Gasteiger partial charge in [0.1, 0.15) is 0 Å². The van der Waals surface area contributed by atoms with Gasteiger partial charge in [-0.2, -0.15) is 5.10 Å². The number of methoxy groups -OCH3 is 3. The molecule has 7 nitrogen and oxygen atoms in total. The van der Waals surface area contributed by atoms with Crippen molar-refractivity contribution in [3.8, 4) is 28.5 Å². The molecule has 0 aliphatic rings. The van der Waals surface area contributed by atoms with Gasteiger partial charge < -0.3 is 14.2 Å². The third-order valence-corrected chi connectivity index (χ3v) is 3.48. The molecule has 0 fully saturated rings. The van der Waals surface area contributed by atoms with Crippen molar-refractivity contribution in [2.45, 2.75) is 0 Å². The van der Waals surface area contributed by atoms with Gasteiger partial charge in [0.15, 0.2) is 11.5 Å². The number of aromatic nitrogens is 3. The molecule has 23 heavy (non-hydrogen) atoms. The summed E-state index contributed by atoms with van der Waals surface area (Å²) in [4.78, 5) is 16.2. The normalized spacial score (nSPS) is 10.6. The Balaban J connectivity index is 2.20. The zero-order valence-corrected chi connectivity index (χ0v) is 12.9. The van der Waals surface area contributed by atoms with E-state index in [0.29, 0.717) is 33.8 Å². The van der Waals surface area contributed by atoms with Crippen LogP contribution in [-0.2, 0) is 0 Å². The summed E-state index contributed by atoms with van der Waals surface area (Å²) >= 11 is 0. The maximum Gasteiger partial charge on any atom is 0.273 e. The molecule has 2 heterocycles. The fourth-order valence-corrected chi connectivity index (χ4v) is 2.37. The second kappa shape index (κ2) is 5.96. The smallest absolute Gasteiger partial charge is 0.273 e. The summed E-state index contributed by atoms with van der Waals surface area (Å²) in [6, 6.07) is 7.08. The Kier molecular flexibility index (Phi) is 3.84. The first-order valence-corrected chi connectivity index (χ1v) is 6.82. The molecule has 118 valence electrons. The van der Waals surface area contributed by atoms with Crippen molar-refractivity contribution < 1.29 is 14.2 Å². The van der Waals surface area contributed by atoms with Crippen LogP contribution < -0.4 is 19.8 Å². The van der Waals surface area contributed by atoms with Gasteiger partial charge in [-0.05, 0) is 24.3 Å². The zero-order valence-electron chi connectivity index (χ0n) is 12.9. The molecule has 0 bridgehead atoms. The summed E-state index contributed by atoms with van der Waals surface area (Å²) in [5, 5.41) is 6.64. The lowest BCUT2D eigenvalue weighted by Gasteiger charge is -2.14. The van der Waals surface area contributed by atoms with Crippen LogP contribution in [0.5, 0.6) is 17.2 Å². The third-order valence-electron chi connectivity index (χ3n) is 3.48. The molecule has 0 unspecified atom stereocenters. The van der Waals surface area contributed by atoms with Crippen molar-refractivity contribution in [1.29, 1.82) is 0 Å². The van der Waals surface area contributed by atoms with Crippen LogP contribution in [0.25, 0.3) is 22.2 Å². The molecular formula is C16H15N3O4. The first-order chi connectivity index (χ1) is 11.2. The maximum atomic E-state index is 11.7. The lowest BCUT2D eigenvalue weighted by molar-refractivity contribution is 0.324. The molecule has 7 heteroatoms. The van der Waals surface area contributed by atoms with Gasteiger partial charge in [-0.15, -0.1) is 0 Å². The van der Waals surface area contributed by atoms with Gasteiger partial charge >= 0.3 is 0 Å². The molecule has 1 N–H and O–H groups in total. The second-order valence-electron chi connectivity index (χ2n) is 4.74. The molecule has 3 rings (SSSR count). The molecule has 0 atom stereocenters. The fourth-order valence-electron chi connectivity index (χ4n) is 2.37. The summed E-state index contributed by atoms with van der Waals surface area (Å²) in [6.07, 6.45) is 1.51. The highest BCUT2D eigenvalue weighted by molar-refractivity contribution is 5.80. The highest BCUT2D eigenvalue weighted by Gasteiger charge is 2.15. The number of pyridine rings is 1. The van der Waals surface area contributed by atoms with Gasteiger partial charge in [-0.1, -0.05) is 0 Å². The Hall–Kier alpha value is -3.09. The van der Waals surface area contributed by atoms with Crippen molar-refractivity contribution in [3.05, 3.63) is 40.8 Å². The minimum atomic E-state index is -0.272. The number of aromatic amines is 1. The molecule has 0 aliphatic carbocycles. The van der Waals surface area contributed by atoms with Gasteiger partial charge in [0.2, 0.25) is 5.75 Å². The van der Waals surface area contributed by atoms with E-state index in [1.165, 1.54) is 6.20 Å². The van der Waals surface area contributed by atoms with Crippen LogP contribution in [0.2, 0.25) is 0 Å². The Morgan fingerprint density at radius 1 is 1.00 bits per heavy atom. The summed E-state index contributed by atoms with van der Waals surface area (Å²) < 4.78 is 16.0. The minimum Gasteiger partial charge on any atom is -0.493 e. The number of nitrogens with zero attached hydrogens (tertiary/aromatic N) is 2. The number of fused-ring (bicyclic) bond motifs is 1. The number of hydrogen-bond acceptors (Lipinski definition) is 6. The van der Waals surface area contributed by atoms with Crippen molar-refractivity contribution in [1.82, 2.24) is 15.2 Å². The lowest BCUT2D eigenvalue weighted by Crippen LogP contribution is -2.08. The minimum absolute atomic E-state index is 0.272. The highest BCUT2D eigenvalue weighted by atomic mass is 16.5. The fraction of sp³-hybridized carbons (Fsp3) is 0.188. The van der Waals surface area contributed by atoms with Crippen molar-refractivity contribution >= 4 is 10.9 Å². The molecule has 0 radical (unpaired) electrons. The summed E-state index contributed by atoms with van der Waals surface area (Å²) in [7, 11) is 4.66. The van der Waals surface area contributed by atoms with Crippen LogP contribution in [0.3, 0.4) is 0 Å². The van der Waals surface area contributed by atoms with Gasteiger partial charge in [-0.25, -0.2) is 10.1 Å². The van der Waals surface area contributed by atoms with Gasteiger partial charge in [0.05, 0.1) is 44.1 Å². The van der Waals surface area contributed by atoms with E-state index in [2.05, 4.69) is 15.2 Å². The van der Waals surface area contributed by atoms with Crippen LogP contribution in [0, 0.1) is 0 Å². The summed E-state index contributed by atoms with van der Waals surface area (Å²) in [5.41, 5.74) is 1.69. The molecule has 0 saturated carbocycles. The van der Waals surface area contributed by atoms with E-state index in [0.717, 1.165) is 5.56 Å². The van der Waals surface area contributed by atoms with E-state index in [-0.39, 0.29) is 5.56 Å². The predicted octanol–water partition coefficient (Wildman–Crippen LogP) is 2.01. The average Bonchev–Trinajstić information content (AvgIpc) is 2.60. The number of H-pyrrole nitrogens is 1. The Bertz CT molecular complexity index is 896. The lowest BCUT2D eigenvalue weighted by atomic mass is 10.1. The van der Waals surface area contributed by atoms with Crippen LogP contribution in [0.4, 0.5) is 0 Å². The molecule has 3 aromatic rings. The van der Waals surface area contributed by atoms with E-state index in [4.69, 9.17) is 14.2 Å². The van der Waals surface area contributed by atoms with Crippen LogP contribution in [0.1, 0.15) is 0 Å². The first-order valence-electron chi connectivity index (χ1n) is 6.82. The van der Waals surface area contributed by atoms with Gasteiger partial charge in [-0.3, -0.25) is 4.79 Å². The summed E-state index contributed by atoms with van der Waals surface area (Å²) in [5.74, 6) is 1.58. The van der Waals surface area contributed by atoms with Gasteiger partial charge in [0.25, 0.3) is 5.56 Å². The number of nitrogens with one attached hydrogen (secondary N) is 1. The SMILES string of the molecule is COc1cc(-c2ccc3c(=O)[nH]ncc3n2)cc(OC)c1OC. The van der Waals surface area contributed by atoms with Crippen LogP contribution in [-0.4, -0.2) is 36.5 Å². The third kappa shape index (κ3) is 2.57. The van der Waals surface area contributed by atoms with Gasteiger partial charge in [0, 0.05) is 5.56 Å². The summed E-state index contributed by atoms with van der Waals surface area (Å²) in [6.45, 7) is 0. The molecule has 0 amide bonds. The molecule has 0 saturated heterocycles. The number of ether oxygens (including phenoxy) is 3. The zero-order chi connectivity index (χ0) is 16.4. The predicted molar refractivity (Wildman–Crippen MR) is 85.3 cm³/mol.